The monoisotopic (exact) mass is 532 g/mol. The third-order valence-electron chi connectivity index (χ3n) is 5.99. The summed E-state index contributed by atoms with van der Waals surface area (Å²) in [5, 5.41) is 7.07. The third kappa shape index (κ3) is 6.65. The van der Waals surface area contributed by atoms with Gasteiger partial charge in [-0.3, -0.25) is 9.52 Å². The second-order valence-electron chi connectivity index (χ2n) is 8.74. The van der Waals surface area contributed by atoms with Crippen molar-refractivity contribution >= 4 is 40.0 Å². The van der Waals surface area contributed by atoms with Crippen LogP contribution in [-0.2, 0) is 10.0 Å². The molecule has 0 aliphatic carbocycles. The fourth-order valence-corrected chi connectivity index (χ4v) is 5.00. The van der Waals surface area contributed by atoms with Crippen LogP contribution in [0.25, 0.3) is 6.08 Å². The molecule has 38 heavy (non-hydrogen) atoms. The Labute approximate surface area is 221 Å². The van der Waals surface area contributed by atoms with Gasteiger partial charge in [0.25, 0.3) is 15.9 Å². The number of nitrogens with zero attached hydrogens (tertiary/aromatic N) is 2. The number of anilines is 1. The molecule has 0 unspecified atom stereocenters. The number of nitrogens with one attached hydrogen (secondary N) is 2. The van der Waals surface area contributed by atoms with Crippen molar-refractivity contribution in [2.75, 3.05) is 30.9 Å². The first-order valence-corrected chi connectivity index (χ1v) is 13.5. The van der Waals surface area contributed by atoms with Crippen LogP contribution in [0.1, 0.15) is 21.5 Å². The van der Waals surface area contributed by atoms with E-state index in [1.165, 1.54) is 18.2 Å². The molecule has 0 spiro atoms. The molecule has 0 aromatic heterocycles. The molecular weight excluding hydrogens is 504 g/mol. The first-order valence-electron chi connectivity index (χ1n) is 12.0. The smallest absolute Gasteiger partial charge is 0.410 e. The number of allylic oxidation sites excluding steroid dienone is 1. The van der Waals surface area contributed by atoms with Crippen molar-refractivity contribution in [3.05, 3.63) is 95.6 Å². The Morgan fingerprint density at radius 1 is 0.921 bits per heavy atom. The Bertz CT molecular complexity index is 1440. The molecule has 1 saturated heterocycles. The second-order valence-corrected chi connectivity index (χ2v) is 10.4. The van der Waals surface area contributed by atoms with Crippen molar-refractivity contribution in [1.29, 1.82) is 5.41 Å². The fourth-order valence-electron chi connectivity index (χ4n) is 3.89. The van der Waals surface area contributed by atoms with Crippen molar-refractivity contribution in [2.24, 2.45) is 0 Å². The quantitative estimate of drug-likeness (QED) is 0.437. The number of ether oxygens (including phenoxy) is 1. The van der Waals surface area contributed by atoms with Crippen LogP contribution in [-0.4, -0.2) is 62.6 Å². The van der Waals surface area contributed by atoms with Crippen LogP contribution in [0.4, 0.5) is 10.5 Å². The first kappa shape index (κ1) is 26.6. The summed E-state index contributed by atoms with van der Waals surface area (Å²) in [6, 6.07) is 19.8. The van der Waals surface area contributed by atoms with E-state index in [0.717, 1.165) is 11.8 Å². The lowest BCUT2D eigenvalue weighted by Gasteiger charge is -2.34. The highest BCUT2D eigenvalue weighted by Gasteiger charge is 2.26. The van der Waals surface area contributed by atoms with Crippen molar-refractivity contribution in [1.82, 2.24) is 9.80 Å². The maximum absolute atomic E-state index is 13.0. The molecule has 1 aliphatic heterocycles. The van der Waals surface area contributed by atoms with Gasteiger partial charge in [-0.15, -0.1) is 0 Å². The van der Waals surface area contributed by atoms with Gasteiger partial charge in [0.2, 0.25) is 0 Å². The molecule has 1 fully saturated rings. The van der Waals surface area contributed by atoms with Crippen LogP contribution in [0.2, 0.25) is 0 Å². The highest BCUT2D eigenvalue weighted by Crippen LogP contribution is 2.20. The number of piperazine rings is 1. The zero-order chi connectivity index (χ0) is 27.1. The molecule has 0 radical (unpaired) electrons. The predicted octanol–water partition coefficient (Wildman–Crippen LogP) is 4.42. The summed E-state index contributed by atoms with van der Waals surface area (Å²) in [6.45, 7) is 3.37. The van der Waals surface area contributed by atoms with Crippen LogP contribution in [0.15, 0.2) is 83.8 Å². The highest BCUT2D eigenvalue weighted by atomic mass is 32.2. The van der Waals surface area contributed by atoms with Gasteiger partial charge in [-0.2, -0.15) is 0 Å². The van der Waals surface area contributed by atoms with Crippen LogP contribution in [0.5, 0.6) is 5.75 Å². The maximum atomic E-state index is 13.0. The SMILES string of the molecule is Cc1ccc(OC(=O)N2CCN(C(=O)c3ccc(NS(=O)(=O)c4cccc(/C=C\C=N)c4)cc3)CC2)cc1. The van der Waals surface area contributed by atoms with Crippen LogP contribution < -0.4 is 9.46 Å². The molecule has 4 rings (SSSR count). The molecule has 2 amide bonds. The molecule has 2 N–H and O–H groups in total. The van der Waals surface area contributed by atoms with E-state index in [4.69, 9.17) is 10.1 Å². The largest absolute Gasteiger partial charge is 0.415 e. The van der Waals surface area contributed by atoms with Crippen molar-refractivity contribution in [3.8, 4) is 5.75 Å². The van der Waals surface area contributed by atoms with E-state index >= 15 is 0 Å². The van der Waals surface area contributed by atoms with Gasteiger partial charge in [0.15, 0.2) is 0 Å². The number of hydrogen-bond donors (Lipinski definition) is 2. The van der Waals surface area contributed by atoms with E-state index in [1.807, 2.05) is 19.1 Å². The summed E-state index contributed by atoms with van der Waals surface area (Å²) in [7, 11) is -3.84. The molecule has 3 aromatic rings. The molecular formula is C28H28N4O5S. The number of hydrogen-bond acceptors (Lipinski definition) is 6. The summed E-state index contributed by atoms with van der Waals surface area (Å²) < 4.78 is 33.6. The molecule has 1 aliphatic rings. The Morgan fingerprint density at radius 2 is 1.58 bits per heavy atom. The normalized spacial score (nSPS) is 13.8. The summed E-state index contributed by atoms with van der Waals surface area (Å²) in [6.07, 6.45) is 3.81. The minimum absolute atomic E-state index is 0.0866. The first-order chi connectivity index (χ1) is 18.2. The van der Waals surface area contributed by atoms with Gasteiger partial charge in [-0.1, -0.05) is 35.9 Å². The van der Waals surface area contributed by atoms with Gasteiger partial charge in [0, 0.05) is 43.6 Å². The summed E-state index contributed by atoms with van der Waals surface area (Å²) in [5.74, 6) is 0.277. The molecule has 0 bridgehead atoms. The Balaban J connectivity index is 1.33. The summed E-state index contributed by atoms with van der Waals surface area (Å²) in [4.78, 5) is 28.7. The lowest BCUT2D eigenvalue weighted by Crippen LogP contribution is -2.51. The number of carbonyl (C=O) groups excluding carboxylic acids is 2. The standard InChI is InChI=1S/C28H28N4O5S/c1-21-7-13-25(14-8-21)37-28(34)32-18-16-31(17-19-32)27(33)23-9-11-24(12-10-23)30-38(35,36)26-6-2-4-22(20-26)5-3-15-29/h2-15,20,29-30H,16-19H2,1H3/b5-3-,29-15?. The van der Waals surface area contributed by atoms with Gasteiger partial charge in [-0.25, -0.2) is 13.2 Å². The zero-order valence-electron chi connectivity index (χ0n) is 20.8. The Kier molecular flexibility index (Phi) is 8.22. The summed E-state index contributed by atoms with van der Waals surface area (Å²) >= 11 is 0. The van der Waals surface area contributed by atoms with Gasteiger partial charge < -0.3 is 19.9 Å². The van der Waals surface area contributed by atoms with Gasteiger partial charge >= 0.3 is 6.09 Å². The number of aryl methyl sites for hydroxylation is 1. The number of carbonyl (C=O) groups is 2. The average molecular weight is 533 g/mol. The maximum Gasteiger partial charge on any atom is 0.415 e. The Hall–Kier alpha value is -4.44. The molecule has 0 atom stereocenters. The van der Waals surface area contributed by atoms with E-state index in [9.17, 15) is 18.0 Å². The van der Waals surface area contributed by atoms with E-state index in [2.05, 4.69) is 4.72 Å². The zero-order valence-corrected chi connectivity index (χ0v) is 21.6. The van der Waals surface area contributed by atoms with Crippen molar-refractivity contribution in [2.45, 2.75) is 11.8 Å². The molecule has 10 heteroatoms. The molecule has 1 heterocycles. The topological polar surface area (TPSA) is 120 Å². The van der Waals surface area contributed by atoms with E-state index in [1.54, 1.807) is 64.4 Å². The molecule has 3 aromatic carbocycles. The number of sulfonamides is 1. The molecule has 0 saturated carbocycles. The number of amides is 2. The van der Waals surface area contributed by atoms with Gasteiger partial charge in [0.1, 0.15) is 5.75 Å². The van der Waals surface area contributed by atoms with Gasteiger partial charge in [0.05, 0.1) is 4.90 Å². The minimum atomic E-state index is -3.84. The molecule has 9 nitrogen and oxygen atoms in total. The van der Waals surface area contributed by atoms with Crippen molar-refractivity contribution in [3.63, 3.8) is 0 Å². The lowest BCUT2D eigenvalue weighted by atomic mass is 10.1. The van der Waals surface area contributed by atoms with Crippen LogP contribution >= 0.6 is 0 Å². The molecule has 196 valence electrons. The van der Waals surface area contributed by atoms with Gasteiger partial charge in [-0.05, 0) is 67.1 Å². The third-order valence-corrected chi connectivity index (χ3v) is 7.37. The van der Waals surface area contributed by atoms with Crippen LogP contribution in [0, 0.1) is 12.3 Å². The highest BCUT2D eigenvalue weighted by molar-refractivity contribution is 7.92. The second kappa shape index (κ2) is 11.7. The van der Waals surface area contributed by atoms with E-state index in [-0.39, 0.29) is 10.8 Å². The van der Waals surface area contributed by atoms with E-state index < -0.39 is 16.1 Å². The predicted molar refractivity (Wildman–Crippen MR) is 146 cm³/mol. The number of benzene rings is 3. The number of rotatable bonds is 7. The minimum Gasteiger partial charge on any atom is -0.410 e. The lowest BCUT2D eigenvalue weighted by molar-refractivity contribution is 0.0633. The summed E-state index contributed by atoms with van der Waals surface area (Å²) in [5.41, 5.74) is 2.47. The Morgan fingerprint density at radius 3 is 2.24 bits per heavy atom. The van der Waals surface area contributed by atoms with Crippen molar-refractivity contribution < 1.29 is 22.7 Å². The average Bonchev–Trinajstić information content (AvgIpc) is 2.93. The van der Waals surface area contributed by atoms with Crippen LogP contribution in [0.3, 0.4) is 0 Å². The van der Waals surface area contributed by atoms with E-state index in [0.29, 0.717) is 48.7 Å². The fraction of sp³-hybridized carbons (Fsp3) is 0.179.